The molecule has 2 aromatic carbocycles. The minimum atomic E-state index is -4.23. The lowest BCUT2D eigenvalue weighted by molar-refractivity contribution is 0.165. The smallest absolute Gasteiger partial charge is 0.434 e. The third-order valence-corrected chi connectivity index (χ3v) is 7.61. The third-order valence-electron chi connectivity index (χ3n) is 5.83. The Kier molecular flexibility index (Phi) is 6.27. The van der Waals surface area contributed by atoms with E-state index in [0.29, 0.717) is 24.0 Å². The number of aromatic amines is 1. The molecule has 0 saturated heterocycles. The standard InChI is InChI=1S/C23H24N2O6S/c1-15(21-24-25-22(26)31-21)11-17-12-18-9-5-6-10-19(18)20(13-17)32(28,29)23(27)30-14-16-7-3-2-4-8-16/h2-10,15,17,20H,11-14H2,1H3,(H,25,26)/t15-,17+,20?/m0/s1. The van der Waals surface area contributed by atoms with Crippen molar-refractivity contribution in [2.45, 2.75) is 44.0 Å². The van der Waals surface area contributed by atoms with Crippen LogP contribution in [0.2, 0.25) is 0 Å². The van der Waals surface area contributed by atoms with E-state index in [9.17, 15) is 18.0 Å². The van der Waals surface area contributed by atoms with E-state index in [2.05, 4.69) is 10.2 Å². The number of hydrogen-bond acceptors (Lipinski definition) is 7. The van der Waals surface area contributed by atoms with Gasteiger partial charge in [-0.25, -0.2) is 23.1 Å². The molecule has 168 valence electrons. The van der Waals surface area contributed by atoms with E-state index in [1.54, 1.807) is 36.4 Å². The molecule has 1 aliphatic rings. The van der Waals surface area contributed by atoms with Gasteiger partial charge in [-0.3, -0.25) is 0 Å². The van der Waals surface area contributed by atoms with E-state index in [-0.39, 0.29) is 30.8 Å². The predicted molar refractivity (Wildman–Crippen MR) is 117 cm³/mol. The molecule has 8 nitrogen and oxygen atoms in total. The molecule has 4 rings (SSSR count). The first-order valence-electron chi connectivity index (χ1n) is 10.4. The van der Waals surface area contributed by atoms with Crippen molar-refractivity contribution >= 4 is 15.1 Å². The van der Waals surface area contributed by atoms with E-state index in [0.717, 1.165) is 5.56 Å². The Morgan fingerprint density at radius 3 is 2.62 bits per heavy atom. The Bertz CT molecular complexity index is 1250. The number of H-pyrrole nitrogens is 1. The minimum Gasteiger partial charge on any atom is -0.449 e. The SMILES string of the molecule is C[C@@H](C[C@@H]1Cc2ccccc2C(S(=O)(=O)C(=O)OCc2ccccc2)C1)c1n[nH]c(=O)o1. The Hall–Kier alpha value is -3.20. The summed E-state index contributed by atoms with van der Waals surface area (Å²) in [5, 5.41) is 3.93. The molecule has 1 aliphatic carbocycles. The summed E-state index contributed by atoms with van der Waals surface area (Å²) in [6, 6.07) is 16.2. The van der Waals surface area contributed by atoms with E-state index < -0.39 is 26.1 Å². The van der Waals surface area contributed by atoms with Crippen molar-refractivity contribution in [2.75, 3.05) is 0 Å². The fourth-order valence-corrected chi connectivity index (χ4v) is 5.84. The van der Waals surface area contributed by atoms with Crippen molar-refractivity contribution in [3.8, 4) is 0 Å². The topological polar surface area (TPSA) is 119 Å². The van der Waals surface area contributed by atoms with Gasteiger partial charge < -0.3 is 9.15 Å². The molecule has 1 aromatic heterocycles. The first kappa shape index (κ1) is 22.0. The highest BCUT2D eigenvalue weighted by atomic mass is 32.2. The molecule has 0 amide bonds. The van der Waals surface area contributed by atoms with Gasteiger partial charge >= 0.3 is 11.1 Å². The number of fused-ring (bicyclic) bond motifs is 1. The molecule has 32 heavy (non-hydrogen) atoms. The number of hydrogen-bond donors (Lipinski definition) is 1. The van der Waals surface area contributed by atoms with Crippen LogP contribution in [0.25, 0.3) is 0 Å². The summed E-state index contributed by atoms with van der Waals surface area (Å²) in [5.74, 6) is -0.556. The number of nitrogens with one attached hydrogen (secondary N) is 1. The van der Waals surface area contributed by atoms with Crippen molar-refractivity contribution in [1.82, 2.24) is 10.2 Å². The van der Waals surface area contributed by atoms with Gasteiger partial charge in [0.1, 0.15) is 6.61 Å². The Morgan fingerprint density at radius 1 is 1.19 bits per heavy atom. The van der Waals surface area contributed by atoms with Crippen LogP contribution < -0.4 is 5.76 Å². The summed E-state index contributed by atoms with van der Waals surface area (Å²) in [7, 11) is -4.23. The molecule has 0 aliphatic heterocycles. The Morgan fingerprint density at radius 2 is 1.91 bits per heavy atom. The van der Waals surface area contributed by atoms with E-state index in [4.69, 9.17) is 9.15 Å². The lowest BCUT2D eigenvalue weighted by atomic mass is 9.79. The van der Waals surface area contributed by atoms with Crippen molar-refractivity contribution in [3.05, 3.63) is 87.7 Å². The molecule has 0 bridgehead atoms. The zero-order chi connectivity index (χ0) is 22.7. The summed E-state index contributed by atoms with van der Waals surface area (Å²) in [6.07, 6.45) is 1.51. The fourth-order valence-electron chi connectivity index (χ4n) is 4.30. The van der Waals surface area contributed by atoms with Gasteiger partial charge in [0.25, 0.3) is 9.84 Å². The number of rotatable bonds is 6. The summed E-state index contributed by atoms with van der Waals surface area (Å²) >= 11 is 0. The molecular formula is C23H24N2O6S. The highest BCUT2D eigenvalue weighted by Gasteiger charge is 2.41. The van der Waals surface area contributed by atoms with Crippen LogP contribution in [0.4, 0.5) is 4.79 Å². The van der Waals surface area contributed by atoms with Gasteiger partial charge in [-0.15, -0.1) is 5.10 Å². The van der Waals surface area contributed by atoms with Crippen LogP contribution in [-0.2, 0) is 27.6 Å². The maximum atomic E-state index is 13.2. The van der Waals surface area contributed by atoms with E-state index in [1.165, 1.54) is 0 Å². The van der Waals surface area contributed by atoms with Gasteiger partial charge in [-0.2, -0.15) is 0 Å². The van der Waals surface area contributed by atoms with Gasteiger partial charge in [0.05, 0.1) is 5.25 Å². The third kappa shape index (κ3) is 4.67. The van der Waals surface area contributed by atoms with Gasteiger partial charge in [0, 0.05) is 5.92 Å². The maximum absolute atomic E-state index is 13.2. The van der Waals surface area contributed by atoms with Gasteiger partial charge in [-0.05, 0) is 41.9 Å². The van der Waals surface area contributed by atoms with E-state index >= 15 is 0 Å². The molecule has 0 fully saturated rings. The molecule has 3 atom stereocenters. The number of benzene rings is 2. The summed E-state index contributed by atoms with van der Waals surface area (Å²) < 4.78 is 36.7. The monoisotopic (exact) mass is 456 g/mol. The largest absolute Gasteiger partial charge is 0.449 e. The number of carbonyl (C=O) groups excluding carboxylic acids is 1. The molecule has 0 saturated carbocycles. The second-order valence-electron chi connectivity index (χ2n) is 8.15. The van der Waals surface area contributed by atoms with Crippen molar-refractivity contribution in [1.29, 1.82) is 0 Å². The maximum Gasteiger partial charge on any atom is 0.434 e. The molecule has 1 heterocycles. The average Bonchev–Trinajstić information content (AvgIpc) is 3.24. The zero-order valence-corrected chi connectivity index (χ0v) is 18.4. The number of ether oxygens (including phenoxy) is 1. The van der Waals surface area contributed by atoms with Crippen molar-refractivity contribution in [2.24, 2.45) is 5.92 Å². The van der Waals surface area contributed by atoms with Gasteiger partial charge in [0.2, 0.25) is 5.89 Å². The molecule has 9 heteroatoms. The Balaban J connectivity index is 1.54. The highest BCUT2D eigenvalue weighted by molar-refractivity contribution is 8.05. The number of aromatic nitrogens is 2. The summed E-state index contributed by atoms with van der Waals surface area (Å²) in [4.78, 5) is 23.9. The lowest BCUT2D eigenvalue weighted by Gasteiger charge is -2.31. The van der Waals surface area contributed by atoms with E-state index in [1.807, 2.05) is 25.1 Å². The van der Waals surface area contributed by atoms with Crippen LogP contribution in [0, 0.1) is 5.92 Å². The molecular weight excluding hydrogens is 432 g/mol. The fraction of sp³-hybridized carbons (Fsp3) is 0.348. The van der Waals surface area contributed by atoms with Gasteiger partial charge in [-0.1, -0.05) is 61.5 Å². The highest BCUT2D eigenvalue weighted by Crippen LogP contribution is 2.42. The summed E-state index contributed by atoms with van der Waals surface area (Å²) in [5.41, 5.74) is 2.25. The predicted octanol–water partition coefficient (Wildman–Crippen LogP) is 3.91. The zero-order valence-electron chi connectivity index (χ0n) is 17.6. The van der Waals surface area contributed by atoms with Crippen molar-refractivity contribution in [3.63, 3.8) is 0 Å². The van der Waals surface area contributed by atoms with Crippen LogP contribution in [0.15, 0.2) is 63.8 Å². The van der Waals surface area contributed by atoms with Crippen molar-refractivity contribution < 1.29 is 22.4 Å². The number of nitrogens with zero attached hydrogens (tertiary/aromatic N) is 1. The molecule has 3 aromatic rings. The molecule has 0 spiro atoms. The molecule has 0 radical (unpaired) electrons. The van der Waals surface area contributed by atoms with Crippen LogP contribution in [0.1, 0.15) is 53.5 Å². The lowest BCUT2D eigenvalue weighted by Crippen LogP contribution is -2.30. The minimum absolute atomic E-state index is 0.0383. The van der Waals surface area contributed by atoms with Crippen LogP contribution in [0.3, 0.4) is 0 Å². The van der Waals surface area contributed by atoms with Gasteiger partial charge in [0.15, 0.2) is 0 Å². The number of sulfone groups is 1. The van der Waals surface area contributed by atoms with Crippen LogP contribution >= 0.6 is 0 Å². The van der Waals surface area contributed by atoms with Crippen LogP contribution in [-0.4, -0.2) is 23.9 Å². The molecule has 1 unspecified atom stereocenters. The first-order chi connectivity index (χ1) is 15.3. The number of carbonyl (C=O) groups is 1. The van der Waals surface area contributed by atoms with Crippen LogP contribution in [0.5, 0.6) is 0 Å². The molecule has 1 N–H and O–H groups in total. The second-order valence-corrected chi connectivity index (χ2v) is 10.1. The second kappa shape index (κ2) is 9.12. The Labute approximate surface area is 185 Å². The normalized spacial score (nSPS) is 19.2. The quantitative estimate of drug-likeness (QED) is 0.558. The average molecular weight is 457 g/mol. The summed E-state index contributed by atoms with van der Waals surface area (Å²) in [6.45, 7) is 1.77. The first-order valence-corrected chi connectivity index (χ1v) is 12.0.